The Bertz CT molecular complexity index is 485. The van der Waals surface area contributed by atoms with Gasteiger partial charge >= 0.3 is 0 Å². The van der Waals surface area contributed by atoms with Gasteiger partial charge in [-0.3, -0.25) is 4.98 Å². The fraction of sp³-hybridized carbons (Fsp3) is 0.353. The summed E-state index contributed by atoms with van der Waals surface area (Å²) in [7, 11) is 0. The first-order valence-corrected chi connectivity index (χ1v) is 6.77. The Morgan fingerprint density at radius 3 is 2.30 bits per heavy atom. The molecule has 0 N–H and O–H groups in total. The molecule has 108 valence electrons. The van der Waals surface area contributed by atoms with Crippen LogP contribution in [0.15, 0.2) is 54.9 Å². The maximum atomic E-state index is 5.72. The summed E-state index contributed by atoms with van der Waals surface area (Å²) in [6.45, 7) is 5.30. The molecule has 0 bridgehead atoms. The van der Waals surface area contributed by atoms with Gasteiger partial charge in [0.25, 0.3) is 0 Å². The Morgan fingerprint density at radius 1 is 1.00 bits per heavy atom. The van der Waals surface area contributed by atoms with E-state index in [9.17, 15) is 0 Å². The summed E-state index contributed by atoms with van der Waals surface area (Å²) in [6, 6.07) is 14.2. The summed E-state index contributed by atoms with van der Waals surface area (Å²) >= 11 is 0. The second-order valence-corrected chi connectivity index (χ2v) is 5.38. The van der Waals surface area contributed by atoms with E-state index in [1.807, 2.05) is 42.7 Å². The Kier molecular flexibility index (Phi) is 6.53. The van der Waals surface area contributed by atoms with Crippen molar-refractivity contribution < 1.29 is 4.74 Å². The molecule has 0 radical (unpaired) electrons. The van der Waals surface area contributed by atoms with Crippen molar-refractivity contribution in [2.45, 2.75) is 32.1 Å². The molecule has 2 nitrogen and oxygen atoms in total. The molecular formula is C17H22ClNO. The minimum absolute atomic E-state index is 0. The molecule has 1 heterocycles. The zero-order valence-electron chi connectivity index (χ0n) is 12.1. The van der Waals surface area contributed by atoms with Crippen molar-refractivity contribution in [3.05, 3.63) is 60.4 Å². The normalized spacial score (nSPS) is 10.7. The second-order valence-electron chi connectivity index (χ2n) is 5.38. The van der Waals surface area contributed by atoms with Crippen LogP contribution in [0.3, 0.4) is 0 Å². The lowest BCUT2D eigenvalue weighted by molar-refractivity contribution is 0.289. The molecule has 0 saturated carbocycles. The highest BCUT2D eigenvalue weighted by Crippen LogP contribution is 2.27. The maximum absolute atomic E-state index is 5.72. The first kappa shape index (κ1) is 16.5. The van der Waals surface area contributed by atoms with E-state index in [-0.39, 0.29) is 17.8 Å². The molecule has 0 saturated heterocycles. The van der Waals surface area contributed by atoms with E-state index >= 15 is 0 Å². The van der Waals surface area contributed by atoms with E-state index < -0.39 is 0 Å². The molecule has 0 spiro atoms. The Balaban J connectivity index is 0.00000200. The minimum atomic E-state index is 0. The van der Waals surface area contributed by atoms with E-state index in [1.54, 1.807) is 0 Å². The van der Waals surface area contributed by atoms with Crippen LogP contribution >= 0.6 is 12.4 Å². The molecule has 0 aliphatic heterocycles. The Labute approximate surface area is 127 Å². The molecule has 0 unspecified atom stereocenters. The van der Waals surface area contributed by atoms with Crippen molar-refractivity contribution in [2.24, 2.45) is 0 Å². The predicted molar refractivity (Wildman–Crippen MR) is 85.7 cm³/mol. The highest BCUT2D eigenvalue weighted by atomic mass is 35.5. The van der Waals surface area contributed by atoms with Crippen molar-refractivity contribution >= 4 is 12.4 Å². The van der Waals surface area contributed by atoms with Gasteiger partial charge in [-0.25, -0.2) is 0 Å². The van der Waals surface area contributed by atoms with Gasteiger partial charge in [0, 0.05) is 12.4 Å². The first-order valence-electron chi connectivity index (χ1n) is 6.77. The number of rotatable bonds is 6. The van der Waals surface area contributed by atoms with Crippen molar-refractivity contribution in [3.8, 4) is 5.75 Å². The van der Waals surface area contributed by atoms with Gasteiger partial charge in [-0.2, -0.15) is 0 Å². The SMILES string of the molecule is CC(C)(CCCOc1ccccc1)c1ccncc1.Cl. The fourth-order valence-electron chi connectivity index (χ4n) is 2.17. The smallest absolute Gasteiger partial charge is 0.119 e. The van der Waals surface area contributed by atoms with E-state index in [1.165, 1.54) is 5.56 Å². The number of hydrogen-bond acceptors (Lipinski definition) is 2. The second kappa shape index (κ2) is 7.91. The van der Waals surface area contributed by atoms with Gasteiger partial charge in [0.2, 0.25) is 0 Å². The quantitative estimate of drug-likeness (QED) is 0.723. The van der Waals surface area contributed by atoms with Crippen molar-refractivity contribution in [1.29, 1.82) is 0 Å². The zero-order valence-corrected chi connectivity index (χ0v) is 12.9. The zero-order chi connectivity index (χ0) is 13.6. The number of hydrogen-bond donors (Lipinski definition) is 0. The van der Waals surface area contributed by atoms with Gasteiger partial charge in [0.05, 0.1) is 6.61 Å². The average molecular weight is 292 g/mol. The third kappa shape index (κ3) is 4.86. The van der Waals surface area contributed by atoms with Crippen LogP contribution in [0.2, 0.25) is 0 Å². The number of ether oxygens (including phenoxy) is 1. The van der Waals surface area contributed by atoms with Crippen LogP contribution in [-0.4, -0.2) is 11.6 Å². The first-order chi connectivity index (χ1) is 9.18. The molecule has 0 aliphatic rings. The molecular weight excluding hydrogens is 270 g/mol. The average Bonchev–Trinajstić information content (AvgIpc) is 2.46. The lowest BCUT2D eigenvalue weighted by Crippen LogP contribution is -2.18. The molecule has 0 atom stereocenters. The summed E-state index contributed by atoms with van der Waals surface area (Å²) in [5, 5.41) is 0. The van der Waals surface area contributed by atoms with Gasteiger partial charge in [-0.15, -0.1) is 12.4 Å². The van der Waals surface area contributed by atoms with Gasteiger partial charge < -0.3 is 4.74 Å². The van der Waals surface area contributed by atoms with Gasteiger partial charge in [-0.1, -0.05) is 32.0 Å². The van der Waals surface area contributed by atoms with Crippen molar-refractivity contribution in [2.75, 3.05) is 6.61 Å². The molecule has 2 aromatic rings. The van der Waals surface area contributed by atoms with Crippen LogP contribution in [0.5, 0.6) is 5.75 Å². The summed E-state index contributed by atoms with van der Waals surface area (Å²) in [4.78, 5) is 4.07. The maximum Gasteiger partial charge on any atom is 0.119 e. The number of benzene rings is 1. The van der Waals surface area contributed by atoms with Gasteiger partial charge in [-0.05, 0) is 48.1 Å². The third-order valence-electron chi connectivity index (χ3n) is 3.42. The topological polar surface area (TPSA) is 22.1 Å². The van der Waals surface area contributed by atoms with Crippen molar-refractivity contribution in [3.63, 3.8) is 0 Å². The molecule has 2 rings (SSSR count). The number of halogens is 1. The van der Waals surface area contributed by atoms with Crippen molar-refractivity contribution in [1.82, 2.24) is 4.98 Å². The number of nitrogens with zero attached hydrogens (tertiary/aromatic N) is 1. The minimum Gasteiger partial charge on any atom is -0.494 e. The highest BCUT2D eigenvalue weighted by molar-refractivity contribution is 5.85. The number of pyridine rings is 1. The molecule has 0 amide bonds. The molecule has 3 heteroatoms. The fourth-order valence-corrected chi connectivity index (χ4v) is 2.17. The number of aromatic nitrogens is 1. The highest BCUT2D eigenvalue weighted by Gasteiger charge is 2.19. The van der Waals surface area contributed by atoms with Crippen LogP contribution in [-0.2, 0) is 5.41 Å². The standard InChI is InChI=1S/C17H21NO.ClH/c1-17(2,15-9-12-18-13-10-15)11-6-14-19-16-7-4-3-5-8-16;/h3-5,7-10,12-13H,6,11,14H2,1-2H3;1H. The largest absolute Gasteiger partial charge is 0.494 e. The summed E-state index contributed by atoms with van der Waals surface area (Å²) in [5.74, 6) is 0.948. The van der Waals surface area contributed by atoms with Gasteiger partial charge in [0.15, 0.2) is 0 Å². The Hall–Kier alpha value is -1.54. The van der Waals surface area contributed by atoms with Crippen LogP contribution < -0.4 is 4.74 Å². The summed E-state index contributed by atoms with van der Waals surface area (Å²) in [6.07, 6.45) is 5.86. The monoisotopic (exact) mass is 291 g/mol. The van der Waals surface area contributed by atoms with Crippen LogP contribution in [0.4, 0.5) is 0 Å². The van der Waals surface area contributed by atoms with E-state index in [0.717, 1.165) is 25.2 Å². The molecule has 1 aromatic carbocycles. The van der Waals surface area contributed by atoms with Crippen LogP contribution in [0.1, 0.15) is 32.3 Å². The van der Waals surface area contributed by atoms with Crippen LogP contribution in [0.25, 0.3) is 0 Å². The lowest BCUT2D eigenvalue weighted by atomic mass is 9.81. The molecule has 20 heavy (non-hydrogen) atoms. The van der Waals surface area contributed by atoms with E-state index in [2.05, 4.69) is 31.0 Å². The third-order valence-corrected chi connectivity index (χ3v) is 3.42. The lowest BCUT2D eigenvalue weighted by Gasteiger charge is -2.25. The summed E-state index contributed by atoms with van der Waals surface area (Å²) in [5.41, 5.74) is 1.51. The summed E-state index contributed by atoms with van der Waals surface area (Å²) < 4.78 is 5.72. The number of para-hydroxylation sites is 1. The molecule has 0 aliphatic carbocycles. The van der Waals surface area contributed by atoms with E-state index in [0.29, 0.717) is 0 Å². The predicted octanol–water partition coefficient (Wildman–Crippen LogP) is 4.64. The Morgan fingerprint density at radius 2 is 1.65 bits per heavy atom. The molecule has 0 fully saturated rings. The van der Waals surface area contributed by atoms with E-state index in [4.69, 9.17) is 4.74 Å². The van der Waals surface area contributed by atoms with Gasteiger partial charge in [0.1, 0.15) is 5.75 Å². The molecule has 1 aromatic heterocycles. The van der Waals surface area contributed by atoms with Crippen LogP contribution in [0, 0.1) is 0 Å².